The van der Waals surface area contributed by atoms with E-state index in [4.69, 9.17) is 0 Å². The van der Waals surface area contributed by atoms with Crippen molar-refractivity contribution in [2.45, 2.75) is 39.3 Å². The first-order valence-electron chi connectivity index (χ1n) is 12.4. The Kier molecular flexibility index (Phi) is 7.58. The van der Waals surface area contributed by atoms with Crippen LogP contribution < -0.4 is 10.6 Å². The van der Waals surface area contributed by atoms with Crippen LogP contribution in [-0.2, 0) is 16.0 Å². The molecule has 2 aromatic rings. The molecule has 2 unspecified atom stereocenters. The number of nitrogens with one attached hydrogen (secondary N) is 2. The SMILES string of the molecule is C=CCN1C(=O)NC(c2ccc(C)cc2)C2=C1CN(C(Cc1ccccc1)C(=O)NCC(C)C)C2=O. The fourth-order valence-corrected chi connectivity index (χ4v) is 4.70. The molecule has 0 radical (unpaired) electrons. The van der Waals surface area contributed by atoms with Gasteiger partial charge in [-0.2, -0.15) is 0 Å². The quantitative estimate of drug-likeness (QED) is 0.530. The molecule has 2 aliphatic heterocycles. The van der Waals surface area contributed by atoms with Crippen LogP contribution in [0.4, 0.5) is 4.79 Å². The maximum Gasteiger partial charge on any atom is 0.322 e. The van der Waals surface area contributed by atoms with Crippen LogP contribution in [0.1, 0.15) is 36.6 Å². The van der Waals surface area contributed by atoms with Gasteiger partial charge in [-0.25, -0.2) is 4.79 Å². The zero-order valence-corrected chi connectivity index (χ0v) is 21.2. The zero-order valence-electron chi connectivity index (χ0n) is 21.2. The molecule has 188 valence electrons. The molecule has 0 bridgehead atoms. The van der Waals surface area contributed by atoms with Gasteiger partial charge >= 0.3 is 6.03 Å². The molecule has 7 heteroatoms. The molecule has 0 saturated heterocycles. The highest BCUT2D eigenvalue weighted by atomic mass is 16.2. The largest absolute Gasteiger partial charge is 0.354 e. The van der Waals surface area contributed by atoms with Crippen molar-refractivity contribution in [1.29, 1.82) is 0 Å². The Balaban J connectivity index is 1.71. The van der Waals surface area contributed by atoms with E-state index < -0.39 is 12.1 Å². The van der Waals surface area contributed by atoms with E-state index in [0.29, 0.717) is 24.2 Å². The maximum absolute atomic E-state index is 14.0. The second-order valence-corrected chi connectivity index (χ2v) is 9.83. The highest BCUT2D eigenvalue weighted by Gasteiger charge is 2.46. The lowest BCUT2D eigenvalue weighted by atomic mass is 9.94. The van der Waals surface area contributed by atoms with Crippen LogP contribution in [0.15, 0.2) is 78.5 Å². The third kappa shape index (κ3) is 5.20. The Hall–Kier alpha value is -3.87. The van der Waals surface area contributed by atoms with Gasteiger partial charge in [-0.05, 0) is 24.0 Å². The van der Waals surface area contributed by atoms with Gasteiger partial charge in [0.15, 0.2) is 0 Å². The number of hydrogen-bond acceptors (Lipinski definition) is 3. The number of nitrogens with zero attached hydrogens (tertiary/aromatic N) is 2. The molecular formula is C29H34N4O3. The van der Waals surface area contributed by atoms with E-state index in [1.807, 2.05) is 75.4 Å². The van der Waals surface area contributed by atoms with Crippen LogP contribution in [0.3, 0.4) is 0 Å². The van der Waals surface area contributed by atoms with E-state index in [-0.39, 0.29) is 36.9 Å². The summed E-state index contributed by atoms with van der Waals surface area (Å²) in [6.07, 6.45) is 2.02. The standard InChI is InChI=1S/C29H34N4O3/c1-5-15-32-24-18-33(23(27(34)30-17-19(2)3)16-21-9-7-6-8-10-21)28(35)25(24)26(31-29(32)36)22-13-11-20(4)12-14-22/h5-14,19,23,26H,1,15-18H2,2-4H3,(H,30,34)(H,31,36). The molecule has 4 amide bonds. The number of carbonyl (C=O) groups excluding carboxylic acids is 3. The second kappa shape index (κ2) is 10.8. The van der Waals surface area contributed by atoms with Crippen molar-refractivity contribution in [3.8, 4) is 0 Å². The zero-order chi connectivity index (χ0) is 25.8. The average Bonchev–Trinajstić information content (AvgIpc) is 3.20. The van der Waals surface area contributed by atoms with Crippen LogP contribution in [0.2, 0.25) is 0 Å². The number of amides is 4. The first-order valence-corrected chi connectivity index (χ1v) is 12.4. The molecular weight excluding hydrogens is 452 g/mol. The molecule has 4 rings (SSSR count). The van der Waals surface area contributed by atoms with E-state index in [1.165, 1.54) is 0 Å². The Morgan fingerprint density at radius 3 is 2.47 bits per heavy atom. The summed E-state index contributed by atoms with van der Waals surface area (Å²) in [6, 6.07) is 15.9. The number of aryl methyl sites for hydroxylation is 1. The van der Waals surface area contributed by atoms with Crippen molar-refractivity contribution in [1.82, 2.24) is 20.4 Å². The van der Waals surface area contributed by atoms with Crippen LogP contribution in [0.5, 0.6) is 0 Å². The van der Waals surface area contributed by atoms with Gasteiger partial charge in [0.25, 0.3) is 5.91 Å². The number of hydrogen-bond donors (Lipinski definition) is 2. The van der Waals surface area contributed by atoms with Crippen molar-refractivity contribution < 1.29 is 14.4 Å². The monoisotopic (exact) mass is 486 g/mol. The van der Waals surface area contributed by atoms with Crippen molar-refractivity contribution in [3.63, 3.8) is 0 Å². The van der Waals surface area contributed by atoms with Gasteiger partial charge in [-0.15, -0.1) is 6.58 Å². The Labute approximate surface area is 212 Å². The minimum absolute atomic E-state index is 0.185. The summed E-state index contributed by atoms with van der Waals surface area (Å²) in [5.41, 5.74) is 4.03. The second-order valence-electron chi connectivity index (χ2n) is 9.83. The minimum Gasteiger partial charge on any atom is -0.354 e. The van der Waals surface area contributed by atoms with Gasteiger partial charge in [0.2, 0.25) is 5.91 Å². The molecule has 0 saturated carbocycles. The summed E-state index contributed by atoms with van der Waals surface area (Å²) in [4.78, 5) is 43.7. The summed E-state index contributed by atoms with van der Waals surface area (Å²) >= 11 is 0. The first kappa shape index (κ1) is 25.2. The molecule has 2 heterocycles. The van der Waals surface area contributed by atoms with Crippen LogP contribution in [-0.4, -0.2) is 53.3 Å². The van der Waals surface area contributed by atoms with Gasteiger partial charge in [-0.1, -0.05) is 80.1 Å². The van der Waals surface area contributed by atoms with Gasteiger partial charge in [0.05, 0.1) is 23.9 Å². The van der Waals surface area contributed by atoms with Gasteiger partial charge in [-0.3, -0.25) is 14.5 Å². The van der Waals surface area contributed by atoms with Crippen molar-refractivity contribution in [3.05, 3.63) is 95.2 Å². The molecule has 36 heavy (non-hydrogen) atoms. The van der Waals surface area contributed by atoms with Crippen LogP contribution in [0.25, 0.3) is 0 Å². The van der Waals surface area contributed by atoms with E-state index in [0.717, 1.165) is 16.7 Å². The molecule has 0 spiro atoms. The number of carbonyl (C=O) groups is 3. The number of urea groups is 1. The lowest BCUT2D eigenvalue weighted by Gasteiger charge is -2.33. The molecule has 0 aliphatic carbocycles. The summed E-state index contributed by atoms with van der Waals surface area (Å²) < 4.78 is 0. The summed E-state index contributed by atoms with van der Waals surface area (Å²) in [7, 11) is 0. The molecule has 0 fully saturated rings. The number of benzene rings is 2. The van der Waals surface area contributed by atoms with Crippen molar-refractivity contribution in [2.24, 2.45) is 5.92 Å². The predicted octanol–water partition coefficient (Wildman–Crippen LogP) is 3.73. The van der Waals surface area contributed by atoms with Crippen LogP contribution >= 0.6 is 0 Å². The lowest BCUT2D eigenvalue weighted by molar-refractivity contribution is -0.136. The molecule has 7 nitrogen and oxygen atoms in total. The average molecular weight is 487 g/mol. The molecule has 2 atom stereocenters. The fourth-order valence-electron chi connectivity index (χ4n) is 4.70. The first-order chi connectivity index (χ1) is 17.3. The van der Waals surface area contributed by atoms with E-state index in [1.54, 1.807) is 15.9 Å². The topological polar surface area (TPSA) is 81.8 Å². The Morgan fingerprint density at radius 2 is 1.83 bits per heavy atom. The smallest absolute Gasteiger partial charge is 0.322 e. The molecule has 0 aromatic heterocycles. The van der Waals surface area contributed by atoms with Gasteiger partial charge in [0, 0.05) is 19.5 Å². The summed E-state index contributed by atoms with van der Waals surface area (Å²) in [5, 5.41) is 6.01. The van der Waals surface area contributed by atoms with E-state index >= 15 is 0 Å². The highest BCUT2D eigenvalue weighted by molar-refractivity contribution is 6.03. The molecule has 2 N–H and O–H groups in total. The lowest BCUT2D eigenvalue weighted by Crippen LogP contribution is -2.50. The normalized spacial score (nSPS) is 18.3. The molecule has 2 aliphatic rings. The van der Waals surface area contributed by atoms with E-state index in [9.17, 15) is 14.4 Å². The van der Waals surface area contributed by atoms with E-state index in [2.05, 4.69) is 17.2 Å². The summed E-state index contributed by atoms with van der Waals surface area (Å²) in [6.45, 7) is 10.8. The van der Waals surface area contributed by atoms with Crippen molar-refractivity contribution >= 4 is 17.8 Å². The van der Waals surface area contributed by atoms with Gasteiger partial charge < -0.3 is 15.5 Å². The Bertz CT molecular complexity index is 1170. The maximum atomic E-state index is 14.0. The predicted molar refractivity (Wildman–Crippen MR) is 140 cm³/mol. The molecule has 2 aromatic carbocycles. The van der Waals surface area contributed by atoms with Gasteiger partial charge in [0.1, 0.15) is 6.04 Å². The third-order valence-corrected chi connectivity index (χ3v) is 6.61. The van der Waals surface area contributed by atoms with Crippen LogP contribution in [0, 0.1) is 12.8 Å². The Morgan fingerprint density at radius 1 is 1.14 bits per heavy atom. The van der Waals surface area contributed by atoms with Crippen molar-refractivity contribution in [2.75, 3.05) is 19.6 Å². The summed E-state index contributed by atoms with van der Waals surface area (Å²) in [5.74, 6) is -0.143. The highest BCUT2D eigenvalue weighted by Crippen LogP contribution is 2.37. The number of rotatable bonds is 9. The third-order valence-electron chi connectivity index (χ3n) is 6.61. The minimum atomic E-state index is -0.705. The fraction of sp³-hybridized carbons (Fsp3) is 0.345.